The minimum absolute atomic E-state index is 0.155. The van der Waals surface area contributed by atoms with Crippen molar-refractivity contribution in [3.63, 3.8) is 0 Å². The smallest absolute Gasteiger partial charge is 0.234 e. The number of thiophene rings is 1. The standard InChI is InChI=1S/C13H20N2OS/c14-13(16)12(10-5-2-1-3-6-10)15-9-11-7-4-8-17-11/h4,7-8,10,12,15H,1-3,5-6,9H2,(H2,14,16). The van der Waals surface area contributed by atoms with Gasteiger partial charge in [0.2, 0.25) is 5.91 Å². The molecule has 0 aliphatic heterocycles. The third kappa shape index (κ3) is 3.54. The molecule has 1 aliphatic rings. The maximum absolute atomic E-state index is 11.5. The summed E-state index contributed by atoms with van der Waals surface area (Å²) in [6.07, 6.45) is 6.02. The van der Waals surface area contributed by atoms with Gasteiger partial charge in [-0.1, -0.05) is 25.3 Å². The SMILES string of the molecule is NC(=O)C(NCc1cccs1)C1CCCCC1. The van der Waals surface area contributed by atoms with Crippen LogP contribution < -0.4 is 11.1 Å². The number of carbonyl (C=O) groups excluding carboxylic acids is 1. The molecule has 0 aromatic carbocycles. The Balaban J connectivity index is 1.90. The van der Waals surface area contributed by atoms with Crippen molar-refractivity contribution in [2.45, 2.75) is 44.7 Å². The molecule has 1 amide bonds. The van der Waals surface area contributed by atoms with Crippen LogP contribution in [0.3, 0.4) is 0 Å². The summed E-state index contributed by atoms with van der Waals surface area (Å²) in [5.41, 5.74) is 5.51. The van der Waals surface area contributed by atoms with Crippen molar-refractivity contribution in [3.05, 3.63) is 22.4 Å². The molecule has 4 heteroatoms. The normalized spacial score (nSPS) is 19.1. The first-order chi connectivity index (χ1) is 8.27. The van der Waals surface area contributed by atoms with Crippen molar-refractivity contribution in [1.82, 2.24) is 5.32 Å². The van der Waals surface area contributed by atoms with Gasteiger partial charge in [0.25, 0.3) is 0 Å². The quantitative estimate of drug-likeness (QED) is 0.844. The number of rotatable bonds is 5. The fourth-order valence-electron chi connectivity index (χ4n) is 2.59. The molecular formula is C13H20N2OS. The van der Waals surface area contributed by atoms with E-state index in [0.717, 1.165) is 19.4 Å². The summed E-state index contributed by atoms with van der Waals surface area (Å²) in [6.45, 7) is 0.752. The summed E-state index contributed by atoms with van der Waals surface area (Å²) >= 11 is 1.71. The Morgan fingerprint density at radius 3 is 2.82 bits per heavy atom. The third-order valence-electron chi connectivity index (χ3n) is 3.50. The first-order valence-electron chi connectivity index (χ1n) is 6.32. The Labute approximate surface area is 106 Å². The van der Waals surface area contributed by atoms with E-state index in [1.54, 1.807) is 11.3 Å². The topological polar surface area (TPSA) is 55.1 Å². The average Bonchev–Trinajstić information content (AvgIpc) is 2.83. The molecule has 1 unspecified atom stereocenters. The molecule has 17 heavy (non-hydrogen) atoms. The lowest BCUT2D eigenvalue weighted by molar-refractivity contribution is -0.121. The Morgan fingerprint density at radius 2 is 2.24 bits per heavy atom. The van der Waals surface area contributed by atoms with Crippen LogP contribution in [-0.4, -0.2) is 11.9 Å². The molecule has 0 bridgehead atoms. The van der Waals surface area contributed by atoms with Gasteiger partial charge in [0.15, 0.2) is 0 Å². The maximum Gasteiger partial charge on any atom is 0.234 e. The summed E-state index contributed by atoms with van der Waals surface area (Å²) < 4.78 is 0. The number of amides is 1. The predicted molar refractivity (Wildman–Crippen MR) is 70.7 cm³/mol. The van der Waals surface area contributed by atoms with Crippen LogP contribution in [-0.2, 0) is 11.3 Å². The van der Waals surface area contributed by atoms with E-state index in [1.165, 1.54) is 24.1 Å². The van der Waals surface area contributed by atoms with Crippen molar-refractivity contribution >= 4 is 17.2 Å². The van der Waals surface area contributed by atoms with Crippen LogP contribution in [0, 0.1) is 5.92 Å². The van der Waals surface area contributed by atoms with Crippen molar-refractivity contribution in [3.8, 4) is 0 Å². The molecule has 1 heterocycles. The van der Waals surface area contributed by atoms with Crippen molar-refractivity contribution in [2.24, 2.45) is 11.7 Å². The van der Waals surface area contributed by atoms with Crippen LogP contribution >= 0.6 is 11.3 Å². The summed E-state index contributed by atoms with van der Waals surface area (Å²) in [5, 5.41) is 5.38. The molecule has 3 nitrogen and oxygen atoms in total. The van der Waals surface area contributed by atoms with Crippen molar-refractivity contribution < 1.29 is 4.79 Å². The van der Waals surface area contributed by atoms with E-state index in [0.29, 0.717) is 5.92 Å². The molecule has 2 rings (SSSR count). The highest BCUT2D eigenvalue weighted by Gasteiger charge is 2.27. The summed E-state index contributed by atoms with van der Waals surface area (Å²) in [6, 6.07) is 3.95. The van der Waals surface area contributed by atoms with Gasteiger partial charge in [-0.05, 0) is 30.2 Å². The van der Waals surface area contributed by atoms with Crippen LogP contribution in [0.15, 0.2) is 17.5 Å². The Kier molecular flexibility index (Phi) is 4.57. The van der Waals surface area contributed by atoms with E-state index >= 15 is 0 Å². The number of hydrogen-bond donors (Lipinski definition) is 2. The number of primary amides is 1. The number of nitrogens with two attached hydrogens (primary N) is 1. The largest absolute Gasteiger partial charge is 0.368 e. The number of nitrogens with one attached hydrogen (secondary N) is 1. The summed E-state index contributed by atoms with van der Waals surface area (Å²) in [5.74, 6) is 0.231. The van der Waals surface area contributed by atoms with Crippen LogP contribution in [0.2, 0.25) is 0 Å². The molecule has 1 saturated carbocycles. The lowest BCUT2D eigenvalue weighted by Gasteiger charge is -2.28. The van der Waals surface area contributed by atoms with Gasteiger partial charge in [0.1, 0.15) is 0 Å². The van der Waals surface area contributed by atoms with Gasteiger partial charge in [0.05, 0.1) is 6.04 Å². The second-order valence-corrected chi connectivity index (χ2v) is 5.77. The summed E-state index contributed by atoms with van der Waals surface area (Å²) in [7, 11) is 0. The Bertz CT molecular complexity index is 344. The highest BCUT2D eigenvalue weighted by molar-refractivity contribution is 7.09. The molecule has 0 radical (unpaired) electrons. The molecule has 1 aliphatic carbocycles. The zero-order valence-corrected chi connectivity index (χ0v) is 10.8. The first-order valence-corrected chi connectivity index (χ1v) is 7.20. The zero-order valence-electron chi connectivity index (χ0n) is 10.0. The second kappa shape index (κ2) is 6.17. The molecule has 0 spiro atoms. The van der Waals surface area contributed by atoms with Gasteiger partial charge in [-0.3, -0.25) is 4.79 Å². The second-order valence-electron chi connectivity index (χ2n) is 4.74. The molecule has 94 valence electrons. The fraction of sp³-hybridized carbons (Fsp3) is 0.615. The van der Waals surface area contributed by atoms with Crippen molar-refractivity contribution in [2.75, 3.05) is 0 Å². The average molecular weight is 252 g/mol. The predicted octanol–water partition coefficient (Wildman–Crippen LogP) is 2.27. The minimum Gasteiger partial charge on any atom is -0.368 e. The van der Waals surface area contributed by atoms with Crippen LogP contribution in [0.25, 0.3) is 0 Å². The molecule has 1 aromatic rings. The van der Waals surface area contributed by atoms with E-state index in [9.17, 15) is 4.79 Å². The van der Waals surface area contributed by atoms with E-state index in [1.807, 2.05) is 6.07 Å². The number of hydrogen-bond acceptors (Lipinski definition) is 3. The van der Waals surface area contributed by atoms with Crippen LogP contribution in [0.1, 0.15) is 37.0 Å². The highest BCUT2D eigenvalue weighted by Crippen LogP contribution is 2.26. The van der Waals surface area contributed by atoms with Gasteiger partial charge < -0.3 is 11.1 Å². The number of carbonyl (C=O) groups is 1. The lowest BCUT2D eigenvalue weighted by Crippen LogP contribution is -2.46. The van der Waals surface area contributed by atoms with Gasteiger partial charge >= 0.3 is 0 Å². The van der Waals surface area contributed by atoms with Crippen LogP contribution in [0.4, 0.5) is 0 Å². The lowest BCUT2D eigenvalue weighted by atomic mass is 9.83. The monoisotopic (exact) mass is 252 g/mol. The zero-order chi connectivity index (χ0) is 12.1. The van der Waals surface area contributed by atoms with E-state index < -0.39 is 0 Å². The van der Waals surface area contributed by atoms with Gasteiger partial charge in [0, 0.05) is 11.4 Å². The van der Waals surface area contributed by atoms with Crippen LogP contribution in [0.5, 0.6) is 0 Å². The molecule has 3 N–H and O–H groups in total. The Hall–Kier alpha value is -0.870. The highest BCUT2D eigenvalue weighted by atomic mass is 32.1. The maximum atomic E-state index is 11.5. The minimum atomic E-state index is -0.201. The molecular weight excluding hydrogens is 232 g/mol. The molecule has 1 fully saturated rings. The molecule has 0 saturated heterocycles. The first kappa shape index (κ1) is 12.6. The molecule has 1 aromatic heterocycles. The van der Waals surface area contributed by atoms with E-state index in [-0.39, 0.29) is 11.9 Å². The van der Waals surface area contributed by atoms with E-state index in [2.05, 4.69) is 16.8 Å². The third-order valence-corrected chi connectivity index (χ3v) is 4.38. The van der Waals surface area contributed by atoms with Crippen molar-refractivity contribution in [1.29, 1.82) is 0 Å². The Morgan fingerprint density at radius 1 is 1.47 bits per heavy atom. The fourth-order valence-corrected chi connectivity index (χ4v) is 3.25. The van der Waals surface area contributed by atoms with E-state index in [4.69, 9.17) is 5.73 Å². The van der Waals surface area contributed by atoms with Gasteiger partial charge in [-0.25, -0.2) is 0 Å². The molecule has 1 atom stereocenters. The van der Waals surface area contributed by atoms with Gasteiger partial charge in [-0.15, -0.1) is 11.3 Å². The summed E-state index contributed by atoms with van der Waals surface area (Å²) in [4.78, 5) is 12.8. The van der Waals surface area contributed by atoms with Gasteiger partial charge in [-0.2, -0.15) is 0 Å².